The number of halogens is 9. The highest BCUT2D eigenvalue weighted by molar-refractivity contribution is 7.09. The lowest BCUT2D eigenvalue weighted by atomic mass is 9.94. The Morgan fingerprint density at radius 1 is 0.932 bits per heavy atom. The van der Waals surface area contributed by atoms with Gasteiger partial charge in [0, 0.05) is 30.4 Å². The molecule has 1 aliphatic rings. The summed E-state index contributed by atoms with van der Waals surface area (Å²) < 4.78 is 124. The minimum atomic E-state index is -5.07. The van der Waals surface area contributed by atoms with E-state index in [1.807, 2.05) is 0 Å². The molecule has 0 saturated carbocycles. The third-order valence-corrected chi connectivity index (χ3v) is 7.99. The van der Waals surface area contributed by atoms with Crippen LogP contribution in [-0.4, -0.2) is 31.7 Å². The second-order valence-electron chi connectivity index (χ2n) is 10.4. The summed E-state index contributed by atoms with van der Waals surface area (Å²) >= 11 is 1.33. The van der Waals surface area contributed by atoms with Crippen LogP contribution in [0.15, 0.2) is 41.9 Å². The zero-order valence-corrected chi connectivity index (χ0v) is 23.9. The van der Waals surface area contributed by atoms with Gasteiger partial charge < -0.3 is 9.80 Å². The molecule has 0 radical (unpaired) electrons. The number of hydrogen-bond donors (Lipinski definition) is 0. The normalized spacial score (nSPS) is 16.2. The number of aromatic nitrogens is 5. The molecule has 4 aromatic rings. The van der Waals surface area contributed by atoms with Gasteiger partial charge in [0.25, 0.3) is 5.95 Å². The molecule has 0 saturated heterocycles. The number of nitrogens with zero attached hydrogens (tertiary/aromatic N) is 7. The molecular weight excluding hydrogens is 625 g/mol. The lowest BCUT2D eigenvalue weighted by Crippen LogP contribution is -2.30. The lowest BCUT2D eigenvalue weighted by molar-refractivity contribution is -0.143. The fourth-order valence-electron chi connectivity index (χ4n) is 5.32. The number of hydrogen-bond acceptors (Lipinski definition) is 7. The molecule has 0 fully saturated rings. The smallest absolute Gasteiger partial charge is 0.364 e. The van der Waals surface area contributed by atoms with E-state index in [4.69, 9.17) is 0 Å². The number of benzene rings is 2. The van der Waals surface area contributed by atoms with Crippen molar-refractivity contribution in [1.82, 2.24) is 25.2 Å². The molecule has 1 aliphatic heterocycles. The second kappa shape index (κ2) is 11.6. The minimum absolute atomic E-state index is 0.0356. The van der Waals surface area contributed by atoms with Gasteiger partial charge in [-0.05, 0) is 65.9 Å². The van der Waals surface area contributed by atoms with Crippen LogP contribution in [0.5, 0.6) is 0 Å². The Morgan fingerprint density at radius 3 is 2.16 bits per heavy atom. The number of anilines is 2. The molecule has 17 heteroatoms. The summed E-state index contributed by atoms with van der Waals surface area (Å²) in [6, 6.07) is 2.82. The standard InChI is InChI=1S/C27H24F9N7S/c1-15-8-19-21(4-3-6-42(14-23-37-5-7-44-23)22(19)12-20(15)27(34,35)36)43(24-38-40-41(2)39-24)13-16-9-17(25(28,29)30)11-18(10-16)26(31,32)33/h5,7-12,21H,3-4,6,13-14H2,1-2H3/t21-/m0/s1. The Kier molecular flexibility index (Phi) is 8.28. The fraction of sp³-hybridized carbons (Fsp3) is 0.407. The maximum atomic E-state index is 14.0. The zero-order valence-electron chi connectivity index (χ0n) is 23.1. The van der Waals surface area contributed by atoms with Crippen LogP contribution >= 0.6 is 11.3 Å². The Labute approximate surface area is 248 Å². The van der Waals surface area contributed by atoms with Gasteiger partial charge in [0.1, 0.15) is 5.01 Å². The maximum absolute atomic E-state index is 14.0. The van der Waals surface area contributed by atoms with E-state index in [1.54, 1.807) is 16.5 Å². The molecule has 0 N–H and O–H groups in total. The molecule has 0 aliphatic carbocycles. The molecule has 236 valence electrons. The van der Waals surface area contributed by atoms with E-state index in [-0.39, 0.29) is 41.8 Å². The Morgan fingerprint density at radius 2 is 1.61 bits per heavy atom. The van der Waals surface area contributed by atoms with Crippen LogP contribution < -0.4 is 9.80 Å². The number of fused-ring (bicyclic) bond motifs is 1. The van der Waals surface area contributed by atoms with Crippen molar-refractivity contribution in [3.05, 3.63) is 80.3 Å². The van der Waals surface area contributed by atoms with Gasteiger partial charge in [0.2, 0.25) is 0 Å². The van der Waals surface area contributed by atoms with Gasteiger partial charge in [-0.2, -0.15) is 44.3 Å². The van der Waals surface area contributed by atoms with Crippen molar-refractivity contribution in [2.24, 2.45) is 7.05 Å². The number of rotatable bonds is 6. The maximum Gasteiger partial charge on any atom is 0.416 e. The summed E-state index contributed by atoms with van der Waals surface area (Å²) in [7, 11) is 1.43. The number of thiazole rings is 1. The highest BCUT2D eigenvalue weighted by Crippen LogP contribution is 2.44. The van der Waals surface area contributed by atoms with Crippen LogP contribution in [0.1, 0.15) is 57.3 Å². The average Bonchev–Trinajstić information content (AvgIpc) is 3.55. The van der Waals surface area contributed by atoms with E-state index in [2.05, 4.69) is 20.4 Å². The van der Waals surface area contributed by atoms with Crippen molar-refractivity contribution in [2.45, 2.75) is 57.4 Å². The van der Waals surface area contributed by atoms with Crippen molar-refractivity contribution in [1.29, 1.82) is 0 Å². The number of tetrazole rings is 1. The highest BCUT2D eigenvalue weighted by Gasteiger charge is 2.39. The molecule has 0 spiro atoms. The molecule has 3 heterocycles. The average molecular weight is 650 g/mol. The Hall–Kier alpha value is -3.89. The molecule has 5 rings (SSSR count). The molecule has 0 bridgehead atoms. The van der Waals surface area contributed by atoms with Gasteiger partial charge in [-0.15, -0.1) is 16.4 Å². The number of alkyl halides is 9. The SMILES string of the molecule is Cc1cc2c(cc1C(F)(F)F)N(Cc1nccs1)CCC[C@@H]2N(Cc1cc(C(F)(F)F)cc(C(F)(F)F)c1)c1nnn(C)n1. The monoisotopic (exact) mass is 649 g/mol. The Balaban J connectivity index is 1.67. The van der Waals surface area contributed by atoms with Gasteiger partial charge >= 0.3 is 18.5 Å². The van der Waals surface area contributed by atoms with Crippen LogP contribution in [0.25, 0.3) is 0 Å². The van der Waals surface area contributed by atoms with E-state index >= 15 is 0 Å². The predicted molar refractivity (Wildman–Crippen MR) is 143 cm³/mol. The summed E-state index contributed by atoms with van der Waals surface area (Å²) in [5.41, 5.74) is -3.67. The third-order valence-electron chi connectivity index (χ3n) is 7.23. The fourth-order valence-corrected chi connectivity index (χ4v) is 5.95. The van der Waals surface area contributed by atoms with E-state index in [0.29, 0.717) is 35.7 Å². The van der Waals surface area contributed by atoms with Gasteiger partial charge in [-0.3, -0.25) is 0 Å². The zero-order chi connectivity index (χ0) is 32.0. The predicted octanol–water partition coefficient (Wildman–Crippen LogP) is 7.58. The van der Waals surface area contributed by atoms with E-state index < -0.39 is 47.8 Å². The van der Waals surface area contributed by atoms with Crippen LogP contribution in [0.4, 0.5) is 51.1 Å². The first-order valence-electron chi connectivity index (χ1n) is 13.1. The van der Waals surface area contributed by atoms with Crippen LogP contribution in [0.2, 0.25) is 0 Å². The van der Waals surface area contributed by atoms with E-state index in [0.717, 1.165) is 10.9 Å². The van der Waals surface area contributed by atoms with Crippen LogP contribution in [0, 0.1) is 6.92 Å². The molecule has 7 nitrogen and oxygen atoms in total. The number of aryl methyl sites for hydroxylation is 2. The first-order chi connectivity index (χ1) is 20.5. The summed E-state index contributed by atoms with van der Waals surface area (Å²) in [4.78, 5) is 8.45. The molecule has 0 amide bonds. The van der Waals surface area contributed by atoms with E-state index in [9.17, 15) is 39.5 Å². The topological polar surface area (TPSA) is 63.0 Å². The minimum Gasteiger partial charge on any atom is -0.364 e. The first kappa shape index (κ1) is 31.5. The van der Waals surface area contributed by atoms with Gasteiger partial charge in [-0.25, -0.2) is 4.98 Å². The van der Waals surface area contributed by atoms with Crippen molar-refractivity contribution in [3.63, 3.8) is 0 Å². The van der Waals surface area contributed by atoms with Crippen molar-refractivity contribution in [2.75, 3.05) is 16.3 Å². The Bertz CT molecular complexity index is 1580. The van der Waals surface area contributed by atoms with Gasteiger partial charge in [0.15, 0.2) is 0 Å². The van der Waals surface area contributed by atoms with Crippen molar-refractivity contribution in [3.8, 4) is 0 Å². The summed E-state index contributed by atoms with van der Waals surface area (Å²) in [6.45, 7) is 1.29. The summed E-state index contributed by atoms with van der Waals surface area (Å²) in [6.07, 6.45) is -12.5. The molecule has 44 heavy (non-hydrogen) atoms. The molecule has 1 atom stereocenters. The quantitative estimate of drug-likeness (QED) is 0.201. The largest absolute Gasteiger partial charge is 0.416 e. The highest BCUT2D eigenvalue weighted by atomic mass is 32.1. The van der Waals surface area contributed by atoms with Gasteiger partial charge in [-0.1, -0.05) is 11.2 Å². The first-order valence-corrected chi connectivity index (χ1v) is 14.0. The second-order valence-corrected chi connectivity index (χ2v) is 11.3. The summed E-state index contributed by atoms with van der Waals surface area (Å²) in [5, 5.41) is 14.3. The lowest BCUT2D eigenvalue weighted by Gasteiger charge is -2.33. The van der Waals surface area contributed by atoms with E-state index in [1.165, 1.54) is 36.3 Å². The molecule has 0 unspecified atom stereocenters. The summed E-state index contributed by atoms with van der Waals surface area (Å²) in [5.74, 6) is -0.111. The van der Waals surface area contributed by atoms with Crippen LogP contribution in [-0.2, 0) is 38.7 Å². The molecule has 2 aromatic heterocycles. The van der Waals surface area contributed by atoms with Crippen molar-refractivity contribution >= 4 is 23.0 Å². The molecular formula is C27H24F9N7S. The van der Waals surface area contributed by atoms with Crippen molar-refractivity contribution < 1.29 is 39.5 Å². The third kappa shape index (κ3) is 6.76. The molecule has 2 aromatic carbocycles. The van der Waals surface area contributed by atoms with Crippen LogP contribution in [0.3, 0.4) is 0 Å². The van der Waals surface area contributed by atoms with Gasteiger partial charge in [0.05, 0.1) is 36.3 Å².